The van der Waals surface area contributed by atoms with Gasteiger partial charge < -0.3 is 26.2 Å². The van der Waals surface area contributed by atoms with E-state index in [0.717, 1.165) is 18.4 Å². The Hall–Kier alpha value is -2.87. The van der Waals surface area contributed by atoms with E-state index in [1.807, 2.05) is 12.1 Å². The van der Waals surface area contributed by atoms with Gasteiger partial charge in [-0.1, -0.05) is 0 Å². The molecule has 0 spiro atoms. The molecule has 0 unspecified atom stereocenters. The number of hydrogen-bond donors (Lipinski definition) is 4. The van der Waals surface area contributed by atoms with E-state index in [9.17, 15) is 9.90 Å². The van der Waals surface area contributed by atoms with Gasteiger partial charge in [-0.3, -0.25) is 0 Å². The summed E-state index contributed by atoms with van der Waals surface area (Å²) < 4.78 is 5.31. The summed E-state index contributed by atoms with van der Waals surface area (Å²) >= 11 is 0. The predicted molar refractivity (Wildman–Crippen MR) is 112 cm³/mol. The summed E-state index contributed by atoms with van der Waals surface area (Å²) in [6, 6.07) is 6.65. The number of nitrogen functional groups attached to an aromatic ring is 1. The number of amides is 1. The molecule has 29 heavy (non-hydrogen) atoms. The summed E-state index contributed by atoms with van der Waals surface area (Å²) in [5.41, 5.74) is 7.66. The highest BCUT2D eigenvalue weighted by Crippen LogP contribution is 2.29. The molecule has 8 heteroatoms. The molecule has 2 aromatic rings. The molecule has 1 heterocycles. The smallest absolute Gasteiger partial charge is 0.407 e. The molecule has 1 amide bonds. The minimum absolute atomic E-state index is 0.252. The fraction of sp³-hybridized carbons (Fsp3) is 0.476. The third-order valence-corrected chi connectivity index (χ3v) is 4.78. The number of nitrogens with one attached hydrogen (secondary N) is 2. The minimum Gasteiger partial charge on any atom is -0.444 e. The van der Waals surface area contributed by atoms with Crippen molar-refractivity contribution in [3.8, 4) is 11.4 Å². The number of nitrogens with two attached hydrogens (primary N) is 1. The van der Waals surface area contributed by atoms with Crippen molar-refractivity contribution in [2.45, 2.75) is 63.8 Å². The number of anilines is 2. The standard InChI is InChI=1S/C21H29N5O3/c1-21(2,3)29-20(28)26-16-7-4-6-15(18(16)27)25-17-12-13(8-9-14(17)22)19-23-10-5-11-24-19/h5,8-12,15-16,18,25,27H,4,6-7,22H2,1-3H3,(H,26,28)/t15-,16+,18+/m1/s1. The Balaban J connectivity index is 1.70. The Morgan fingerprint density at radius 2 is 1.90 bits per heavy atom. The van der Waals surface area contributed by atoms with Gasteiger partial charge in [0, 0.05) is 18.0 Å². The van der Waals surface area contributed by atoms with Crippen LogP contribution < -0.4 is 16.4 Å². The number of alkyl carbamates (subject to hydrolysis) is 1. The zero-order valence-corrected chi connectivity index (χ0v) is 17.1. The van der Waals surface area contributed by atoms with Crippen LogP contribution in [-0.4, -0.2) is 45.0 Å². The van der Waals surface area contributed by atoms with Crippen LogP contribution in [0.3, 0.4) is 0 Å². The van der Waals surface area contributed by atoms with E-state index in [2.05, 4.69) is 20.6 Å². The molecule has 156 valence electrons. The SMILES string of the molecule is CC(C)(C)OC(=O)N[C@H]1CCC[C@@H](Nc2cc(-c3ncccn3)ccc2N)[C@@H]1O. The van der Waals surface area contributed by atoms with Crippen molar-refractivity contribution in [1.82, 2.24) is 15.3 Å². The predicted octanol–water partition coefficient (Wildman–Crippen LogP) is 2.94. The monoisotopic (exact) mass is 399 g/mol. The van der Waals surface area contributed by atoms with Gasteiger partial charge in [0.25, 0.3) is 0 Å². The maximum Gasteiger partial charge on any atom is 0.407 e. The molecule has 3 rings (SSSR count). The lowest BCUT2D eigenvalue weighted by atomic mass is 9.88. The van der Waals surface area contributed by atoms with Gasteiger partial charge in [0.2, 0.25) is 0 Å². The van der Waals surface area contributed by atoms with Crippen molar-refractivity contribution in [3.63, 3.8) is 0 Å². The van der Waals surface area contributed by atoms with Crippen LogP contribution >= 0.6 is 0 Å². The number of rotatable bonds is 4. The van der Waals surface area contributed by atoms with E-state index in [0.29, 0.717) is 23.6 Å². The fourth-order valence-electron chi connectivity index (χ4n) is 3.42. The number of aromatic nitrogens is 2. The van der Waals surface area contributed by atoms with Gasteiger partial charge in [0.15, 0.2) is 5.82 Å². The summed E-state index contributed by atoms with van der Waals surface area (Å²) in [5.74, 6) is 0.601. The van der Waals surface area contributed by atoms with Gasteiger partial charge in [-0.15, -0.1) is 0 Å². The molecule has 1 aromatic carbocycles. The van der Waals surface area contributed by atoms with Crippen molar-refractivity contribution in [2.75, 3.05) is 11.1 Å². The number of aliphatic hydroxyl groups is 1. The van der Waals surface area contributed by atoms with Crippen LogP contribution in [0.2, 0.25) is 0 Å². The van der Waals surface area contributed by atoms with E-state index < -0.39 is 23.8 Å². The summed E-state index contributed by atoms with van der Waals surface area (Å²) in [6.07, 6.45) is 4.38. The number of benzene rings is 1. The van der Waals surface area contributed by atoms with Crippen LogP contribution in [0.4, 0.5) is 16.2 Å². The largest absolute Gasteiger partial charge is 0.444 e. The van der Waals surface area contributed by atoms with Crippen molar-refractivity contribution in [2.24, 2.45) is 0 Å². The average Bonchev–Trinajstić information content (AvgIpc) is 2.66. The highest BCUT2D eigenvalue weighted by Gasteiger charge is 2.34. The van der Waals surface area contributed by atoms with Crippen LogP contribution in [-0.2, 0) is 4.74 Å². The second-order valence-corrected chi connectivity index (χ2v) is 8.30. The van der Waals surface area contributed by atoms with E-state index in [1.54, 1.807) is 45.3 Å². The molecular formula is C21H29N5O3. The van der Waals surface area contributed by atoms with E-state index >= 15 is 0 Å². The first-order valence-electron chi connectivity index (χ1n) is 9.84. The molecule has 0 aliphatic heterocycles. The minimum atomic E-state index is -0.771. The average molecular weight is 399 g/mol. The lowest BCUT2D eigenvalue weighted by molar-refractivity contribution is 0.0338. The third kappa shape index (κ3) is 5.57. The Bertz CT molecular complexity index is 838. The van der Waals surface area contributed by atoms with Gasteiger partial charge in [-0.2, -0.15) is 0 Å². The molecule has 0 radical (unpaired) electrons. The molecule has 8 nitrogen and oxygen atoms in total. The highest BCUT2D eigenvalue weighted by atomic mass is 16.6. The zero-order chi connectivity index (χ0) is 21.0. The summed E-state index contributed by atoms with van der Waals surface area (Å²) in [7, 11) is 0. The quantitative estimate of drug-likeness (QED) is 0.583. The van der Waals surface area contributed by atoms with Crippen molar-refractivity contribution in [1.29, 1.82) is 0 Å². The van der Waals surface area contributed by atoms with Crippen molar-refractivity contribution in [3.05, 3.63) is 36.7 Å². The molecule has 1 saturated carbocycles. The molecular weight excluding hydrogens is 370 g/mol. The van der Waals surface area contributed by atoms with Gasteiger partial charge in [0.05, 0.1) is 29.6 Å². The Morgan fingerprint density at radius 3 is 2.59 bits per heavy atom. The van der Waals surface area contributed by atoms with Crippen molar-refractivity contribution < 1.29 is 14.6 Å². The number of hydrogen-bond acceptors (Lipinski definition) is 7. The molecule has 0 saturated heterocycles. The van der Waals surface area contributed by atoms with E-state index in [4.69, 9.17) is 10.5 Å². The van der Waals surface area contributed by atoms with E-state index in [1.165, 1.54) is 0 Å². The van der Waals surface area contributed by atoms with E-state index in [-0.39, 0.29) is 6.04 Å². The Kier molecular flexibility index (Phi) is 6.22. The maximum atomic E-state index is 12.1. The summed E-state index contributed by atoms with van der Waals surface area (Å²) in [6.45, 7) is 5.42. The Labute approximate surface area is 170 Å². The van der Waals surface area contributed by atoms with Crippen LogP contribution in [0.5, 0.6) is 0 Å². The van der Waals surface area contributed by atoms with Gasteiger partial charge in [0.1, 0.15) is 5.60 Å². The molecule has 1 aromatic heterocycles. The third-order valence-electron chi connectivity index (χ3n) is 4.78. The van der Waals surface area contributed by atoms with Crippen LogP contribution in [0.1, 0.15) is 40.0 Å². The first kappa shape index (κ1) is 20.9. The normalized spacial score (nSPS) is 22.0. The lowest BCUT2D eigenvalue weighted by Crippen LogP contribution is -2.54. The first-order chi connectivity index (χ1) is 13.7. The number of carbonyl (C=O) groups is 1. The lowest BCUT2D eigenvalue weighted by Gasteiger charge is -2.36. The summed E-state index contributed by atoms with van der Waals surface area (Å²) in [4.78, 5) is 20.6. The van der Waals surface area contributed by atoms with Gasteiger partial charge >= 0.3 is 6.09 Å². The second-order valence-electron chi connectivity index (χ2n) is 8.30. The number of aliphatic hydroxyl groups excluding tert-OH is 1. The molecule has 1 aliphatic rings. The molecule has 1 fully saturated rings. The van der Waals surface area contributed by atoms with Gasteiger partial charge in [-0.05, 0) is 64.3 Å². The number of carbonyl (C=O) groups excluding carboxylic acids is 1. The second kappa shape index (κ2) is 8.65. The maximum absolute atomic E-state index is 12.1. The fourth-order valence-corrected chi connectivity index (χ4v) is 3.42. The topological polar surface area (TPSA) is 122 Å². The molecule has 0 bridgehead atoms. The van der Waals surface area contributed by atoms with Crippen LogP contribution in [0.15, 0.2) is 36.7 Å². The van der Waals surface area contributed by atoms with Gasteiger partial charge in [-0.25, -0.2) is 14.8 Å². The van der Waals surface area contributed by atoms with Crippen molar-refractivity contribution >= 4 is 17.5 Å². The van der Waals surface area contributed by atoms with Crippen LogP contribution in [0, 0.1) is 0 Å². The molecule has 1 aliphatic carbocycles. The molecule has 5 N–H and O–H groups in total. The Morgan fingerprint density at radius 1 is 1.21 bits per heavy atom. The number of nitrogens with zero attached hydrogens (tertiary/aromatic N) is 2. The molecule has 3 atom stereocenters. The summed E-state index contributed by atoms with van der Waals surface area (Å²) in [5, 5.41) is 16.9. The number of ether oxygens (including phenoxy) is 1. The highest BCUT2D eigenvalue weighted by molar-refractivity contribution is 5.74. The first-order valence-corrected chi connectivity index (χ1v) is 9.84. The van der Waals surface area contributed by atoms with Crippen LogP contribution in [0.25, 0.3) is 11.4 Å². The zero-order valence-electron chi connectivity index (χ0n) is 17.1.